The second kappa shape index (κ2) is 4.25. The molecule has 1 aliphatic rings. The summed E-state index contributed by atoms with van der Waals surface area (Å²) in [5.41, 5.74) is 1.90. The van der Waals surface area contributed by atoms with Gasteiger partial charge in [0.25, 0.3) is 0 Å². The standard InChI is InChI=1S/C13H12FN3O/c14-10-4-2-9(3-5-10)12-11(8-18)17-7-1-6-15-13(17)16-12/h2-5,8H,1,6-7H2,(H,15,16). The maximum absolute atomic E-state index is 12.9. The van der Waals surface area contributed by atoms with Gasteiger partial charge < -0.3 is 9.88 Å². The second-order valence-corrected chi connectivity index (χ2v) is 4.23. The van der Waals surface area contributed by atoms with Crippen molar-refractivity contribution < 1.29 is 9.18 Å². The summed E-state index contributed by atoms with van der Waals surface area (Å²) in [5, 5.41) is 3.16. The van der Waals surface area contributed by atoms with Gasteiger partial charge in [0.1, 0.15) is 17.2 Å². The van der Waals surface area contributed by atoms with Gasteiger partial charge >= 0.3 is 0 Å². The Morgan fingerprint density at radius 1 is 1.33 bits per heavy atom. The van der Waals surface area contributed by atoms with Crippen molar-refractivity contribution in [1.82, 2.24) is 9.55 Å². The first kappa shape index (κ1) is 11.0. The van der Waals surface area contributed by atoms with Crippen molar-refractivity contribution in [3.63, 3.8) is 0 Å². The van der Waals surface area contributed by atoms with Crippen molar-refractivity contribution in [2.24, 2.45) is 0 Å². The van der Waals surface area contributed by atoms with Crippen LogP contribution in [-0.2, 0) is 6.54 Å². The van der Waals surface area contributed by atoms with Crippen LogP contribution >= 0.6 is 0 Å². The fourth-order valence-corrected chi connectivity index (χ4v) is 2.20. The fourth-order valence-electron chi connectivity index (χ4n) is 2.20. The number of aldehydes is 1. The Kier molecular flexibility index (Phi) is 2.59. The van der Waals surface area contributed by atoms with Crippen LogP contribution in [0.1, 0.15) is 16.9 Å². The minimum Gasteiger partial charge on any atom is -0.356 e. The molecule has 4 nitrogen and oxygen atoms in total. The van der Waals surface area contributed by atoms with Gasteiger partial charge in [-0.3, -0.25) is 4.79 Å². The summed E-state index contributed by atoms with van der Waals surface area (Å²) >= 11 is 0. The van der Waals surface area contributed by atoms with Gasteiger partial charge in [0.2, 0.25) is 5.95 Å². The number of nitrogens with zero attached hydrogens (tertiary/aromatic N) is 2. The van der Waals surface area contributed by atoms with E-state index < -0.39 is 0 Å². The Bertz CT molecular complexity index is 589. The lowest BCUT2D eigenvalue weighted by molar-refractivity contribution is 0.111. The number of imidazole rings is 1. The Morgan fingerprint density at radius 2 is 2.11 bits per heavy atom. The lowest BCUT2D eigenvalue weighted by Crippen LogP contribution is -2.18. The number of fused-ring (bicyclic) bond motifs is 1. The summed E-state index contributed by atoms with van der Waals surface area (Å²) in [5.74, 6) is 0.413. The molecule has 0 saturated heterocycles. The number of hydrogen-bond donors (Lipinski definition) is 1. The average molecular weight is 245 g/mol. The summed E-state index contributed by atoms with van der Waals surface area (Å²) in [6.07, 6.45) is 1.77. The molecule has 0 amide bonds. The van der Waals surface area contributed by atoms with E-state index in [1.165, 1.54) is 12.1 Å². The monoisotopic (exact) mass is 245 g/mol. The molecule has 2 heterocycles. The molecule has 0 fully saturated rings. The normalized spacial score (nSPS) is 13.8. The highest BCUT2D eigenvalue weighted by Crippen LogP contribution is 2.27. The van der Waals surface area contributed by atoms with E-state index in [2.05, 4.69) is 10.3 Å². The minimum absolute atomic E-state index is 0.298. The molecule has 3 rings (SSSR count). The lowest BCUT2D eigenvalue weighted by atomic mass is 10.1. The molecule has 92 valence electrons. The number of benzene rings is 1. The van der Waals surface area contributed by atoms with E-state index in [1.807, 2.05) is 4.57 Å². The third-order valence-corrected chi connectivity index (χ3v) is 3.08. The minimum atomic E-state index is -0.298. The molecule has 0 spiro atoms. The van der Waals surface area contributed by atoms with Gasteiger partial charge in [0.15, 0.2) is 6.29 Å². The zero-order chi connectivity index (χ0) is 12.5. The Balaban J connectivity index is 2.14. The van der Waals surface area contributed by atoms with Gasteiger partial charge in [-0.1, -0.05) is 0 Å². The molecule has 0 unspecified atom stereocenters. The summed E-state index contributed by atoms with van der Waals surface area (Å²) in [6, 6.07) is 6.01. The van der Waals surface area contributed by atoms with E-state index in [1.54, 1.807) is 12.1 Å². The third-order valence-electron chi connectivity index (χ3n) is 3.08. The number of aromatic nitrogens is 2. The Hall–Kier alpha value is -2.17. The van der Waals surface area contributed by atoms with Gasteiger partial charge in [0, 0.05) is 18.7 Å². The Morgan fingerprint density at radius 3 is 2.83 bits per heavy atom. The topological polar surface area (TPSA) is 46.9 Å². The number of halogens is 1. The van der Waals surface area contributed by atoms with Gasteiger partial charge in [-0.05, 0) is 30.7 Å². The third kappa shape index (κ3) is 1.68. The van der Waals surface area contributed by atoms with Gasteiger partial charge in [-0.25, -0.2) is 9.37 Å². The molecular weight excluding hydrogens is 233 g/mol. The average Bonchev–Trinajstić information content (AvgIpc) is 2.78. The molecule has 2 aromatic rings. The van der Waals surface area contributed by atoms with Crippen LogP contribution in [0.4, 0.5) is 10.3 Å². The van der Waals surface area contributed by atoms with E-state index in [4.69, 9.17) is 0 Å². The molecule has 0 radical (unpaired) electrons. The predicted molar refractivity (Wildman–Crippen MR) is 66.1 cm³/mol. The van der Waals surface area contributed by atoms with Gasteiger partial charge in [-0.15, -0.1) is 0 Å². The van der Waals surface area contributed by atoms with Crippen molar-refractivity contribution in [3.8, 4) is 11.3 Å². The molecule has 1 aliphatic heterocycles. The quantitative estimate of drug-likeness (QED) is 0.826. The number of carbonyl (C=O) groups is 1. The number of nitrogens with one attached hydrogen (secondary N) is 1. The van der Waals surface area contributed by atoms with E-state index in [0.717, 1.165) is 31.4 Å². The zero-order valence-electron chi connectivity index (χ0n) is 9.69. The van der Waals surface area contributed by atoms with Crippen LogP contribution in [-0.4, -0.2) is 22.4 Å². The molecule has 5 heteroatoms. The fraction of sp³-hybridized carbons (Fsp3) is 0.231. The summed E-state index contributed by atoms with van der Waals surface area (Å²) in [6.45, 7) is 1.64. The van der Waals surface area contributed by atoms with E-state index >= 15 is 0 Å². The summed E-state index contributed by atoms with van der Waals surface area (Å²) in [7, 11) is 0. The first-order valence-corrected chi connectivity index (χ1v) is 5.85. The highest BCUT2D eigenvalue weighted by Gasteiger charge is 2.19. The molecule has 1 aromatic heterocycles. The molecule has 0 saturated carbocycles. The van der Waals surface area contributed by atoms with Gasteiger partial charge in [-0.2, -0.15) is 0 Å². The first-order chi connectivity index (χ1) is 8.79. The van der Waals surface area contributed by atoms with Crippen molar-refractivity contribution in [2.45, 2.75) is 13.0 Å². The van der Waals surface area contributed by atoms with Crippen LogP contribution in [0.5, 0.6) is 0 Å². The van der Waals surface area contributed by atoms with E-state index in [0.29, 0.717) is 17.3 Å². The largest absolute Gasteiger partial charge is 0.356 e. The van der Waals surface area contributed by atoms with Crippen LogP contribution < -0.4 is 5.32 Å². The maximum atomic E-state index is 12.9. The second-order valence-electron chi connectivity index (χ2n) is 4.23. The Labute approximate surface area is 103 Å². The highest BCUT2D eigenvalue weighted by molar-refractivity contribution is 5.85. The van der Waals surface area contributed by atoms with E-state index in [9.17, 15) is 9.18 Å². The van der Waals surface area contributed by atoms with Crippen LogP contribution in [0, 0.1) is 5.82 Å². The molecule has 0 bridgehead atoms. The number of carbonyl (C=O) groups excluding carboxylic acids is 1. The summed E-state index contributed by atoms with van der Waals surface area (Å²) < 4.78 is 14.8. The first-order valence-electron chi connectivity index (χ1n) is 5.85. The maximum Gasteiger partial charge on any atom is 0.203 e. The zero-order valence-corrected chi connectivity index (χ0v) is 9.69. The van der Waals surface area contributed by atoms with Gasteiger partial charge in [0.05, 0.1) is 0 Å². The number of anilines is 1. The molecule has 0 atom stereocenters. The molecular formula is C13H12FN3O. The van der Waals surface area contributed by atoms with Crippen molar-refractivity contribution >= 4 is 12.2 Å². The number of rotatable bonds is 2. The molecule has 18 heavy (non-hydrogen) atoms. The van der Waals surface area contributed by atoms with Crippen LogP contribution in [0.2, 0.25) is 0 Å². The predicted octanol–water partition coefficient (Wildman–Crippen LogP) is 2.32. The summed E-state index contributed by atoms with van der Waals surface area (Å²) in [4.78, 5) is 15.7. The highest BCUT2D eigenvalue weighted by atomic mass is 19.1. The van der Waals surface area contributed by atoms with Crippen molar-refractivity contribution in [2.75, 3.05) is 11.9 Å². The smallest absolute Gasteiger partial charge is 0.203 e. The van der Waals surface area contributed by atoms with Crippen LogP contribution in [0.25, 0.3) is 11.3 Å². The van der Waals surface area contributed by atoms with Crippen LogP contribution in [0.15, 0.2) is 24.3 Å². The van der Waals surface area contributed by atoms with Crippen molar-refractivity contribution in [1.29, 1.82) is 0 Å². The molecule has 1 aromatic carbocycles. The molecule has 0 aliphatic carbocycles. The SMILES string of the molecule is O=Cc1c(-c2ccc(F)cc2)nc2n1CCCN2. The lowest BCUT2D eigenvalue weighted by Gasteiger charge is -2.15. The molecule has 1 N–H and O–H groups in total. The number of hydrogen-bond acceptors (Lipinski definition) is 3. The van der Waals surface area contributed by atoms with Crippen LogP contribution in [0.3, 0.4) is 0 Å². The van der Waals surface area contributed by atoms with E-state index in [-0.39, 0.29) is 5.82 Å². The van der Waals surface area contributed by atoms with Crippen molar-refractivity contribution in [3.05, 3.63) is 35.8 Å².